The van der Waals surface area contributed by atoms with Crippen LogP contribution in [0.25, 0.3) is 0 Å². The van der Waals surface area contributed by atoms with Crippen LogP contribution in [-0.4, -0.2) is 30.4 Å². The van der Waals surface area contributed by atoms with Crippen molar-refractivity contribution in [2.75, 3.05) is 18.9 Å². The molecule has 1 aromatic rings. The van der Waals surface area contributed by atoms with Gasteiger partial charge < -0.3 is 5.32 Å². The van der Waals surface area contributed by atoms with Crippen LogP contribution in [0.2, 0.25) is 0 Å². The van der Waals surface area contributed by atoms with Crippen molar-refractivity contribution in [3.05, 3.63) is 29.8 Å². The molecule has 0 saturated carbocycles. The van der Waals surface area contributed by atoms with Gasteiger partial charge in [0.25, 0.3) is 0 Å². The van der Waals surface area contributed by atoms with Gasteiger partial charge >= 0.3 is 0 Å². The molecular weight excluding hydrogens is 238 g/mol. The Morgan fingerprint density at radius 2 is 1.89 bits per heavy atom. The first-order valence-corrected chi connectivity index (χ1v) is 6.44. The van der Waals surface area contributed by atoms with Gasteiger partial charge in [0.05, 0.1) is 18.2 Å². The van der Waals surface area contributed by atoms with Gasteiger partial charge in [-0.05, 0) is 44.2 Å². The molecule has 102 valence electrons. The number of hydrogen-bond donors (Lipinski definition) is 1. The molecule has 0 fully saturated rings. The Balaban J connectivity index is 2.53. The first-order chi connectivity index (χ1) is 8.93. The predicted octanol–water partition coefficient (Wildman–Crippen LogP) is 2.47. The number of nitrogens with one attached hydrogen (secondary N) is 1. The van der Waals surface area contributed by atoms with Gasteiger partial charge in [0, 0.05) is 11.7 Å². The summed E-state index contributed by atoms with van der Waals surface area (Å²) in [7, 11) is 1.95. The summed E-state index contributed by atoms with van der Waals surface area (Å²) in [5, 5.41) is 11.5. The van der Waals surface area contributed by atoms with Crippen LogP contribution in [0.5, 0.6) is 0 Å². The van der Waals surface area contributed by atoms with Crippen molar-refractivity contribution in [1.29, 1.82) is 5.26 Å². The molecule has 0 aliphatic rings. The molecule has 0 bridgehead atoms. The van der Waals surface area contributed by atoms with Crippen molar-refractivity contribution >= 4 is 11.6 Å². The number of carbonyl (C=O) groups excluding carboxylic acids is 1. The second-order valence-electron chi connectivity index (χ2n) is 5.14. The van der Waals surface area contributed by atoms with E-state index < -0.39 is 0 Å². The Bertz CT molecular complexity index is 459. The summed E-state index contributed by atoms with van der Waals surface area (Å²) in [6, 6.07) is 9.26. The summed E-state index contributed by atoms with van der Waals surface area (Å²) in [5.74, 6) is 0.465. The number of rotatable bonds is 5. The fourth-order valence-corrected chi connectivity index (χ4v) is 1.71. The maximum atomic E-state index is 11.9. The highest BCUT2D eigenvalue weighted by Gasteiger charge is 2.15. The molecule has 0 aliphatic heterocycles. The van der Waals surface area contributed by atoms with Crippen molar-refractivity contribution in [3.63, 3.8) is 0 Å². The average Bonchev–Trinajstić information content (AvgIpc) is 2.38. The van der Waals surface area contributed by atoms with Gasteiger partial charge in [0.2, 0.25) is 5.91 Å². The highest BCUT2D eigenvalue weighted by atomic mass is 16.2. The van der Waals surface area contributed by atoms with Gasteiger partial charge in [-0.3, -0.25) is 9.69 Å². The number of nitriles is 1. The Kier molecular flexibility index (Phi) is 5.53. The summed E-state index contributed by atoms with van der Waals surface area (Å²) >= 11 is 0. The van der Waals surface area contributed by atoms with E-state index in [0.717, 1.165) is 5.69 Å². The molecule has 1 unspecified atom stereocenters. The van der Waals surface area contributed by atoms with Crippen LogP contribution in [0.15, 0.2) is 24.3 Å². The van der Waals surface area contributed by atoms with Crippen molar-refractivity contribution in [2.24, 2.45) is 5.92 Å². The van der Waals surface area contributed by atoms with Gasteiger partial charge in [-0.2, -0.15) is 5.26 Å². The van der Waals surface area contributed by atoms with Crippen LogP contribution in [0, 0.1) is 17.2 Å². The van der Waals surface area contributed by atoms with Gasteiger partial charge in [-0.1, -0.05) is 13.8 Å². The first kappa shape index (κ1) is 15.2. The van der Waals surface area contributed by atoms with Crippen molar-refractivity contribution < 1.29 is 4.79 Å². The minimum atomic E-state index is -0.0419. The third kappa shape index (κ3) is 4.72. The minimum Gasteiger partial charge on any atom is -0.325 e. The summed E-state index contributed by atoms with van der Waals surface area (Å²) in [6.45, 7) is 6.75. The lowest BCUT2D eigenvalue weighted by Gasteiger charge is -2.27. The maximum Gasteiger partial charge on any atom is 0.238 e. The van der Waals surface area contributed by atoms with Crippen LogP contribution in [0.3, 0.4) is 0 Å². The van der Waals surface area contributed by atoms with E-state index >= 15 is 0 Å². The number of likely N-dealkylation sites (N-methyl/N-ethyl adjacent to an activating group) is 1. The maximum absolute atomic E-state index is 11.9. The zero-order chi connectivity index (χ0) is 14.4. The molecule has 4 nitrogen and oxygen atoms in total. The van der Waals surface area contributed by atoms with Crippen LogP contribution in [0.1, 0.15) is 26.3 Å². The predicted molar refractivity (Wildman–Crippen MR) is 76.7 cm³/mol. The quantitative estimate of drug-likeness (QED) is 0.883. The molecule has 1 rings (SSSR count). The summed E-state index contributed by atoms with van der Waals surface area (Å²) in [5.41, 5.74) is 1.30. The molecule has 0 aromatic heterocycles. The summed E-state index contributed by atoms with van der Waals surface area (Å²) < 4.78 is 0. The van der Waals surface area contributed by atoms with Gasteiger partial charge in [0.1, 0.15) is 0 Å². The molecule has 0 saturated heterocycles. The zero-order valence-electron chi connectivity index (χ0n) is 12.0. The van der Waals surface area contributed by atoms with Gasteiger partial charge in [-0.25, -0.2) is 0 Å². The second-order valence-corrected chi connectivity index (χ2v) is 5.14. The molecule has 19 heavy (non-hydrogen) atoms. The Hall–Kier alpha value is -1.86. The average molecular weight is 259 g/mol. The topological polar surface area (TPSA) is 56.1 Å². The second kappa shape index (κ2) is 6.91. The molecule has 1 aromatic carbocycles. The Morgan fingerprint density at radius 3 is 2.37 bits per heavy atom. The Morgan fingerprint density at radius 1 is 1.32 bits per heavy atom. The largest absolute Gasteiger partial charge is 0.325 e. The van der Waals surface area contributed by atoms with E-state index in [2.05, 4.69) is 26.1 Å². The van der Waals surface area contributed by atoms with Gasteiger partial charge in [-0.15, -0.1) is 0 Å². The minimum absolute atomic E-state index is 0.0419. The molecule has 0 heterocycles. The fourth-order valence-electron chi connectivity index (χ4n) is 1.71. The summed E-state index contributed by atoms with van der Waals surface area (Å²) in [6.07, 6.45) is 0. The van der Waals surface area contributed by atoms with Crippen LogP contribution in [0.4, 0.5) is 5.69 Å². The van der Waals surface area contributed by atoms with Crippen LogP contribution >= 0.6 is 0 Å². The van der Waals surface area contributed by atoms with E-state index in [1.165, 1.54) is 0 Å². The normalized spacial score (nSPS) is 12.3. The lowest BCUT2D eigenvalue weighted by Crippen LogP contribution is -2.39. The SMILES string of the molecule is CC(C)C(C)N(C)CC(=O)Nc1ccc(C#N)cc1. The monoisotopic (exact) mass is 259 g/mol. The summed E-state index contributed by atoms with van der Waals surface area (Å²) in [4.78, 5) is 13.9. The van der Waals surface area contributed by atoms with E-state index in [9.17, 15) is 4.79 Å². The molecule has 1 amide bonds. The van der Waals surface area contributed by atoms with Crippen molar-refractivity contribution in [2.45, 2.75) is 26.8 Å². The number of benzene rings is 1. The highest BCUT2D eigenvalue weighted by molar-refractivity contribution is 5.92. The van der Waals surface area contributed by atoms with Crippen molar-refractivity contribution in [3.8, 4) is 6.07 Å². The molecular formula is C15H21N3O. The molecule has 1 atom stereocenters. The molecule has 4 heteroatoms. The highest BCUT2D eigenvalue weighted by Crippen LogP contribution is 2.10. The number of anilines is 1. The third-order valence-corrected chi connectivity index (χ3v) is 3.35. The third-order valence-electron chi connectivity index (χ3n) is 3.35. The molecule has 0 radical (unpaired) electrons. The van der Waals surface area contributed by atoms with E-state index in [0.29, 0.717) is 24.1 Å². The smallest absolute Gasteiger partial charge is 0.238 e. The van der Waals surface area contributed by atoms with Crippen molar-refractivity contribution in [1.82, 2.24) is 4.90 Å². The zero-order valence-corrected chi connectivity index (χ0v) is 12.0. The van der Waals surface area contributed by atoms with Gasteiger partial charge in [0.15, 0.2) is 0 Å². The number of carbonyl (C=O) groups is 1. The lowest BCUT2D eigenvalue weighted by atomic mass is 10.1. The van der Waals surface area contributed by atoms with Crippen LogP contribution < -0.4 is 5.32 Å². The standard InChI is InChI=1S/C15H21N3O/c1-11(2)12(3)18(4)10-15(19)17-14-7-5-13(9-16)6-8-14/h5-8,11-12H,10H2,1-4H3,(H,17,19). The number of nitrogens with zero attached hydrogens (tertiary/aromatic N) is 2. The number of hydrogen-bond acceptors (Lipinski definition) is 3. The lowest BCUT2D eigenvalue weighted by molar-refractivity contribution is -0.117. The molecule has 0 spiro atoms. The van der Waals surface area contributed by atoms with E-state index in [4.69, 9.17) is 5.26 Å². The molecule has 0 aliphatic carbocycles. The van der Waals surface area contributed by atoms with E-state index in [1.807, 2.05) is 18.0 Å². The van der Waals surface area contributed by atoms with E-state index in [-0.39, 0.29) is 5.91 Å². The number of amides is 1. The van der Waals surface area contributed by atoms with E-state index in [1.54, 1.807) is 24.3 Å². The fraction of sp³-hybridized carbons (Fsp3) is 0.467. The van der Waals surface area contributed by atoms with Crippen LogP contribution in [-0.2, 0) is 4.79 Å². The first-order valence-electron chi connectivity index (χ1n) is 6.44. The molecule has 1 N–H and O–H groups in total. The Labute approximate surface area is 115 Å².